The molecule has 17 heavy (non-hydrogen) atoms. The van der Waals surface area contributed by atoms with Crippen molar-refractivity contribution in [1.29, 1.82) is 0 Å². The maximum atomic E-state index is 11.8. The smallest absolute Gasteiger partial charge is 0.336 e. The standard InChI is InChI=1S/C11H11NO5/c1-2-17-12(7-13)10(14)8-5-3-4-6-9(8)11(15)16/h3-7H,2H2,1H3,(H,15,16). The maximum Gasteiger partial charge on any atom is 0.336 e. The van der Waals surface area contributed by atoms with E-state index in [0.29, 0.717) is 5.06 Å². The molecule has 1 N–H and O–H groups in total. The van der Waals surface area contributed by atoms with Crippen LogP contribution in [0.1, 0.15) is 27.6 Å². The molecule has 0 spiro atoms. The minimum Gasteiger partial charge on any atom is -0.478 e. The third kappa shape index (κ3) is 2.88. The summed E-state index contributed by atoms with van der Waals surface area (Å²) in [4.78, 5) is 38.1. The fraction of sp³-hybridized carbons (Fsp3) is 0.182. The Morgan fingerprint density at radius 3 is 2.41 bits per heavy atom. The fourth-order valence-corrected chi connectivity index (χ4v) is 1.25. The number of carbonyl (C=O) groups excluding carboxylic acids is 2. The average Bonchev–Trinajstić information content (AvgIpc) is 2.35. The molecular formula is C11H11NO5. The quantitative estimate of drug-likeness (QED) is 0.608. The van der Waals surface area contributed by atoms with Gasteiger partial charge in [-0.2, -0.15) is 5.06 Å². The molecular weight excluding hydrogens is 226 g/mol. The molecule has 0 atom stereocenters. The van der Waals surface area contributed by atoms with Crippen LogP contribution in [0, 0.1) is 0 Å². The zero-order valence-electron chi connectivity index (χ0n) is 9.12. The number of amides is 2. The number of benzene rings is 1. The average molecular weight is 237 g/mol. The van der Waals surface area contributed by atoms with Gasteiger partial charge in [-0.15, -0.1) is 0 Å². The van der Waals surface area contributed by atoms with Crippen LogP contribution in [0.25, 0.3) is 0 Å². The summed E-state index contributed by atoms with van der Waals surface area (Å²) in [5, 5.41) is 9.37. The van der Waals surface area contributed by atoms with E-state index in [9.17, 15) is 14.4 Å². The van der Waals surface area contributed by atoms with Crippen LogP contribution in [-0.4, -0.2) is 35.1 Å². The summed E-state index contributed by atoms with van der Waals surface area (Å²) in [7, 11) is 0. The lowest BCUT2D eigenvalue weighted by Crippen LogP contribution is -2.31. The second-order valence-corrected chi connectivity index (χ2v) is 3.00. The molecule has 1 rings (SSSR count). The highest BCUT2D eigenvalue weighted by molar-refractivity contribution is 6.06. The van der Waals surface area contributed by atoms with Gasteiger partial charge in [0.05, 0.1) is 17.7 Å². The summed E-state index contributed by atoms with van der Waals surface area (Å²) in [5.74, 6) is -2.05. The number of carboxylic acids is 1. The van der Waals surface area contributed by atoms with E-state index in [2.05, 4.69) is 0 Å². The molecule has 0 aliphatic carbocycles. The van der Waals surface area contributed by atoms with Crippen LogP contribution < -0.4 is 0 Å². The van der Waals surface area contributed by atoms with Gasteiger partial charge >= 0.3 is 5.97 Å². The van der Waals surface area contributed by atoms with Crippen molar-refractivity contribution in [2.24, 2.45) is 0 Å². The molecule has 0 saturated heterocycles. The highest BCUT2D eigenvalue weighted by atomic mass is 16.7. The molecule has 90 valence electrons. The minimum absolute atomic E-state index is 0.0967. The number of imide groups is 1. The fourth-order valence-electron chi connectivity index (χ4n) is 1.25. The third-order valence-electron chi connectivity index (χ3n) is 1.95. The van der Waals surface area contributed by atoms with Gasteiger partial charge in [0.1, 0.15) is 0 Å². The second-order valence-electron chi connectivity index (χ2n) is 3.00. The van der Waals surface area contributed by atoms with Gasteiger partial charge in [-0.1, -0.05) is 12.1 Å². The largest absolute Gasteiger partial charge is 0.478 e. The summed E-state index contributed by atoms with van der Waals surface area (Å²) in [6, 6.07) is 5.60. The summed E-state index contributed by atoms with van der Waals surface area (Å²) in [5.41, 5.74) is -0.274. The van der Waals surface area contributed by atoms with Gasteiger partial charge < -0.3 is 5.11 Å². The molecule has 1 aromatic rings. The SMILES string of the molecule is CCON(C=O)C(=O)c1ccccc1C(=O)O. The van der Waals surface area contributed by atoms with Crippen molar-refractivity contribution in [2.75, 3.05) is 6.61 Å². The third-order valence-corrected chi connectivity index (χ3v) is 1.95. The minimum atomic E-state index is -1.24. The summed E-state index contributed by atoms with van der Waals surface area (Å²) < 4.78 is 0. The molecule has 0 aliphatic rings. The molecule has 1 aromatic carbocycles. The summed E-state index contributed by atoms with van der Waals surface area (Å²) >= 11 is 0. The monoisotopic (exact) mass is 237 g/mol. The Kier molecular flexibility index (Phi) is 4.36. The van der Waals surface area contributed by atoms with E-state index in [-0.39, 0.29) is 24.1 Å². The molecule has 6 heteroatoms. The molecule has 2 amide bonds. The first kappa shape index (κ1) is 12.9. The number of rotatable bonds is 5. The number of hydrogen-bond acceptors (Lipinski definition) is 4. The molecule has 0 fully saturated rings. The predicted molar refractivity (Wildman–Crippen MR) is 57.3 cm³/mol. The number of carboxylic acid groups (broad SMARTS) is 1. The van der Waals surface area contributed by atoms with Crippen molar-refractivity contribution >= 4 is 18.3 Å². The summed E-state index contributed by atoms with van der Waals surface area (Å²) in [6.45, 7) is 1.73. The Morgan fingerprint density at radius 1 is 1.35 bits per heavy atom. The Labute approximate surface area is 97.4 Å². The second kappa shape index (κ2) is 5.76. The van der Waals surface area contributed by atoms with Gasteiger partial charge in [0, 0.05) is 0 Å². The number of hydrogen-bond donors (Lipinski definition) is 1. The van der Waals surface area contributed by atoms with E-state index in [1.165, 1.54) is 24.3 Å². The number of carbonyl (C=O) groups is 3. The van der Waals surface area contributed by atoms with Gasteiger partial charge in [-0.25, -0.2) is 4.79 Å². The Hall–Kier alpha value is -2.21. The van der Waals surface area contributed by atoms with Crippen molar-refractivity contribution in [3.05, 3.63) is 35.4 Å². The van der Waals surface area contributed by atoms with Crippen LogP contribution >= 0.6 is 0 Å². The van der Waals surface area contributed by atoms with E-state index in [1.807, 2.05) is 0 Å². The lowest BCUT2D eigenvalue weighted by atomic mass is 10.1. The van der Waals surface area contributed by atoms with Crippen LogP contribution in [0.3, 0.4) is 0 Å². The van der Waals surface area contributed by atoms with Crippen molar-refractivity contribution in [1.82, 2.24) is 5.06 Å². The highest BCUT2D eigenvalue weighted by Gasteiger charge is 2.21. The first-order valence-electron chi connectivity index (χ1n) is 4.86. The lowest BCUT2D eigenvalue weighted by Gasteiger charge is -2.14. The Balaban J connectivity index is 3.10. The van der Waals surface area contributed by atoms with E-state index in [1.54, 1.807) is 6.92 Å². The van der Waals surface area contributed by atoms with Crippen molar-refractivity contribution in [2.45, 2.75) is 6.92 Å². The van der Waals surface area contributed by atoms with Crippen molar-refractivity contribution < 1.29 is 24.3 Å². The van der Waals surface area contributed by atoms with Crippen LogP contribution in [0.4, 0.5) is 0 Å². The molecule has 0 heterocycles. The van der Waals surface area contributed by atoms with E-state index >= 15 is 0 Å². The number of aromatic carboxylic acids is 1. The van der Waals surface area contributed by atoms with Crippen LogP contribution in [0.2, 0.25) is 0 Å². The van der Waals surface area contributed by atoms with Crippen LogP contribution in [0.15, 0.2) is 24.3 Å². The van der Waals surface area contributed by atoms with Gasteiger partial charge in [0.25, 0.3) is 5.91 Å². The number of hydroxylamine groups is 2. The van der Waals surface area contributed by atoms with Gasteiger partial charge in [0.2, 0.25) is 6.41 Å². The van der Waals surface area contributed by atoms with Gasteiger partial charge in [-0.3, -0.25) is 14.4 Å². The zero-order chi connectivity index (χ0) is 12.8. The van der Waals surface area contributed by atoms with Crippen LogP contribution in [-0.2, 0) is 9.63 Å². The van der Waals surface area contributed by atoms with E-state index in [0.717, 1.165) is 0 Å². The van der Waals surface area contributed by atoms with Gasteiger partial charge in [-0.05, 0) is 19.1 Å². The zero-order valence-corrected chi connectivity index (χ0v) is 9.12. The Bertz CT molecular complexity index is 443. The van der Waals surface area contributed by atoms with E-state index < -0.39 is 11.9 Å². The van der Waals surface area contributed by atoms with E-state index in [4.69, 9.17) is 9.94 Å². The lowest BCUT2D eigenvalue weighted by molar-refractivity contribution is -0.153. The molecule has 0 radical (unpaired) electrons. The molecule has 0 saturated carbocycles. The highest BCUT2D eigenvalue weighted by Crippen LogP contribution is 2.11. The molecule has 6 nitrogen and oxygen atoms in total. The molecule has 0 unspecified atom stereocenters. The Morgan fingerprint density at radius 2 is 1.94 bits per heavy atom. The first-order chi connectivity index (χ1) is 8.11. The first-order valence-corrected chi connectivity index (χ1v) is 4.86. The molecule has 0 bridgehead atoms. The topological polar surface area (TPSA) is 83.9 Å². The number of nitrogens with zero attached hydrogens (tertiary/aromatic N) is 1. The predicted octanol–water partition coefficient (Wildman–Crippen LogP) is 0.935. The summed E-state index contributed by atoms with van der Waals surface area (Å²) in [6.07, 6.45) is 0.199. The molecule has 0 aromatic heterocycles. The molecule has 0 aliphatic heterocycles. The van der Waals surface area contributed by atoms with Crippen molar-refractivity contribution in [3.8, 4) is 0 Å². The van der Waals surface area contributed by atoms with Crippen LogP contribution in [0.5, 0.6) is 0 Å². The van der Waals surface area contributed by atoms with Gasteiger partial charge in [0.15, 0.2) is 0 Å². The maximum absolute atomic E-state index is 11.8. The van der Waals surface area contributed by atoms with Crippen molar-refractivity contribution in [3.63, 3.8) is 0 Å². The normalized spacial score (nSPS) is 9.71.